The van der Waals surface area contributed by atoms with Gasteiger partial charge in [0.25, 0.3) is 0 Å². The van der Waals surface area contributed by atoms with E-state index in [1.165, 1.54) is 0 Å². The molecular weight excluding hydrogens is 434 g/mol. The predicted molar refractivity (Wildman–Crippen MR) is 110 cm³/mol. The summed E-state index contributed by atoms with van der Waals surface area (Å²) in [6.07, 6.45) is 0.724. The standard InChI is InChI=1S/C19H15F4N3O2S.C2H6/c20-11-1-2-15(22)13(5-11)18-25-26(9-27)19(29-18)10(3-4-24)8-28-17-14(19)6-12(21)7-16(17)23;1-2/h1-2,5-7,9-10H,3-4,8,24H2;1-2H3. The molecule has 1 amide bonds. The summed E-state index contributed by atoms with van der Waals surface area (Å²) in [5.41, 5.74) is 5.59. The monoisotopic (exact) mass is 455 g/mol. The van der Waals surface area contributed by atoms with Crippen molar-refractivity contribution in [1.82, 2.24) is 5.01 Å². The third-order valence-electron chi connectivity index (χ3n) is 4.94. The fraction of sp³-hybridized carbons (Fsp3) is 0.333. The summed E-state index contributed by atoms with van der Waals surface area (Å²) in [6, 6.07) is 4.59. The van der Waals surface area contributed by atoms with Crippen molar-refractivity contribution >= 4 is 23.2 Å². The molecule has 4 rings (SSSR count). The average molecular weight is 455 g/mol. The molecule has 0 aliphatic carbocycles. The molecule has 2 N–H and O–H groups in total. The Hall–Kier alpha value is -2.59. The Morgan fingerprint density at radius 2 is 1.94 bits per heavy atom. The number of thioether (sulfide) groups is 1. The number of rotatable bonds is 4. The Bertz CT molecular complexity index is 1020. The zero-order chi connectivity index (χ0) is 22.8. The molecule has 0 fully saturated rings. The van der Waals surface area contributed by atoms with Crippen molar-refractivity contribution in [3.8, 4) is 5.75 Å². The molecule has 2 unspecified atom stereocenters. The second-order valence-electron chi connectivity index (χ2n) is 6.63. The summed E-state index contributed by atoms with van der Waals surface area (Å²) in [5.74, 6) is -3.94. The molecule has 0 saturated carbocycles. The van der Waals surface area contributed by atoms with Gasteiger partial charge < -0.3 is 10.5 Å². The fourth-order valence-electron chi connectivity index (χ4n) is 3.68. The van der Waals surface area contributed by atoms with Crippen LogP contribution >= 0.6 is 11.8 Å². The van der Waals surface area contributed by atoms with Gasteiger partial charge in [0.1, 0.15) is 22.5 Å². The number of hydrazone groups is 1. The molecule has 2 aromatic carbocycles. The second kappa shape index (κ2) is 9.27. The first-order chi connectivity index (χ1) is 14.9. The van der Waals surface area contributed by atoms with Crippen molar-refractivity contribution in [2.75, 3.05) is 13.2 Å². The van der Waals surface area contributed by atoms with E-state index in [-0.39, 0.29) is 35.1 Å². The number of ether oxygens (including phenoxy) is 1. The highest BCUT2D eigenvalue weighted by Crippen LogP contribution is 2.57. The average Bonchev–Trinajstić information content (AvgIpc) is 3.14. The largest absolute Gasteiger partial charge is 0.490 e. The van der Waals surface area contributed by atoms with Gasteiger partial charge >= 0.3 is 0 Å². The Kier molecular flexibility index (Phi) is 6.90. The highest BCUT2D eigenvalue weighted by atomic mass is 32.2. The van der Waals surface area contributed by atoms with Crippen LogP contribution in [-0.4, -0.2) is 29.6 Å². The lowest BCUT2D eigenvalue weighted by atomic mass is 9.86. The molecule has 0 saturated heterocycles. The van der Waals surface area contributed by atoms with Gasteiger partial charge in [-0.2, -0.15) is 5.10 Å². The Morgan fingerprint density at radius 1 is 1.19 bits per heavy atom. The van der Waals surface area contributed by atoms with Gasteiger partial charge in [-0.25, -0.2) is 22.6 Å². The van der Waals surface area contributed by atoms with Crippen LogP contribution in [0, 0.1) is 29.2 Å². The van der Waals surface area contributed by atoms with E-state index in [0.29, 0.717) is 18.9 Å². The zero-order valence-electron chi connectivity index (χ0n) is 16.9. The summed E-state index contributed by atoms with van der Waals surface area (Å²) in [7, 11) is 0. The minimum Gasteiger partial charge on any atom is -0.490 e. The van der Waals surface area contributed by atoms with E-state index in [2.05, 4.69) is 5.10 Å². The van der Waals surface area contributed by atoms with Crippen molar-refractivity contribution < 1.29 is 27.1 Å². The molecule has 10 heteroatoms. The molecule has 2 aliphatic rings. The molecule has 31 heavy (non-hydrogen) atoms. The topological polar surface area (TPSA) is 67.9 Å². The van der Waals surface area contributed by atoms with Gasteiger partial charge in [-0.05, 0) is 37.2 Å². The number of carbonyl (C=O) groups excluding carboxylic acids is 1. The fourth-order valence-corrected chi connectivity index (χ4v) is 5.16. The summed E-state index contributed by atoms with van der Waals surface area (Å²) in [5, 5.41) is 5.14. The van der Waals surface area contributed by atoms with Crippen LogP contribution in [0.5, 0.6) is 5.75 Å². The van der Waals surface area contributed by atoms with Gasteiger partial charge in [-0.15, -0.1) is 0 Å². The first-order valence-corrected chi connectivity index (χ1v) is 10.5. The number of hydrogen-bond acceptors (Lipinski definition) is 5. The van der Waals surface area contributed by atoms with Crippen LogP contribution in [0.4, 0.5) is 17.6 Å². The van der Waals surface area contributed by atoms with Crippen molar-refractivity contribution in [1.29, 1.82) is 0 Å². The van der Waals surface area contributed by atoms with E-state index in [1.807, 2.05) is 13.8 Å². The molecule has 2 heterocycles. The number of benzene rings is 2. The molecule has 2 atom stereocenters. The third-order valence-corrected chi connectivity index (χ3v) is 6.49. The van der Waals surface area contributed by atoms with Crippen molar-refractivity contribution in [3.63, 3.8) is 0 Å². The van der Waals surface area contributed by atoms with Crippen LogP contribution in [0.2, 0.25) is 0 Å². The number of nitrogens with zero attached hydrogens (tertiary/aromatic N) is 2. The SMILES string of the molecule is CC.NCCC1COc2c(F)cc(F)cc2C12SC(c1cc(F)ccc1F)=NN2C=O. The van der Waals surface area contributed by atoms with Crippen molar-refractivity contribution in [2.45, 2.75) is 25.1 Å². The maximum atomic E-state index is 14.4. The van der Waals surface area contributed by atoms with Gasteiger partial charge in [-0.3, -0.25) is 4.79 Å². The summed E-state index contributed by atoms with van der Waals surface area (Å²) in [6.45, 7) is 4.19. The van der Waals surface area contributed by atoms with E-state index in [1.54, 1.807) is 0 Å². The van der Waals surface area contributed by atoms with Crippen molar-refractivity contribution in [2.24, 2.45) is 16.8 Å². The smallest absolute Gasteiger partial charge is 0.231 e. The van der Waals surface area contributed by atoms with E-state index in [9.17, 15) is 22.4 Å². The first kappa shape index (κ1) is 23.1. The van der Waals surface area contributed by atoms with E-state index >= 15 is 0 Å². The van der Waals surface area contributed by atoms with Crippen LogP contribution in [0.25, 0.3) is 0 Å². The summed E-state index contributed by atoms with van der Waals surface area (Å²) in [4.78, 5) is 10.5. The van der Waals surface area contributed by atoms with E-state index in [0.717, 1.165) is 41.0 Å². The maximum Gasteiger partial charge on any atom is 0.231 e. The number of nitrogens with two attached hydrogens (primary N) is 1. The van der Waals surface area contributed by atoms with E-state index in [4.69, 9.17) is 10.5 Å². The zero-order valence-corrected chi connectivity index (χ0v) is 17.7. The third kappa shape index (κ3) is 3.89. The Balaban J connectivity index is 0.00000132. The van der Waals surface area contributed by atoms with Crippen LogP contribution in [0.3, 0.4) is 0 Å². The van der Waals surface area contributed by atoms with Crippen LogP contribution < -0.4 is 10.5 Å². The maximum absolute atomic E-state index is 14.4. The molecule has 2 aromatic rings. The lowest BCUT2D eigenvalue weighted by Crippen LogP contribution is -2.49. The van der Waals surface area contributed by atoms with Gasteiger partial charge in [0.15, 0.2) is 16.4 Å². The van der Waals surface area contributed by atoms with E-state index < -0.39 is 34.1 Å². The predicted octanol–water partition coefficient (Wildman–Crippen LogP) is 4.35. The van der Waals surface area contributed by atoms with Crippen LogP contribution in [-0.2, 0) is 9.67 Å². The molecule has 1 spiro atoms. The number of amides is 1. The number of hydrogen-bond donors (Lipinski definition) is 1. The van der Waals surface area contributed by atoms with Gasteiger partial charge in [-0.1, -0.05) is 25.6 Å². The number of fused-ring (bicyclic) bond motifs is 2. The lowest BCUT2D eigenvalue weighted by Gasteiger charge is -2.44. The normalized spacial score (nSPS) is 21.7. The molecular formula is C21H21F4N3O2S. The summed E-state index contributed by atoms with van der Waals surface area (Å²) < 4.78 is 62.0. The van der Waals surface area contributed by atoms with Gasteiger partial charge in [0, 0.05) is 23.1 Å². The Morgan fingerprint density at radius 3 is 2.61 bits per heavy atom. The second-order valence-corrected chi connectivity index (χ2v) is 7.84. The van der Waals surface area contributed by atoms with Crippen molar-refractivity contribution in [3.05, 3.63) is 64.7 Å². The minimum absolute atomic E-state index is 0.00800. The van der Waals surface area contributed by atoms with Crippen LogP contribution in [0.15, 0.2) is 35.4 Å². The molecule has 5 nitrogen and oxygen atoms in total. The first-order valence-electron chi connectivity index (χ1n) is 9.70. The van der Waals surface area contributed by atoms with Gasteiger partial charge in [0.05, 0.1) is 6.61 Å². The Labute approximate surface area is 181 Å². The quantitative estimate of drug-likeness (QED) is 0.550. The van der Waals surface area contributed by atoms with Crippen LogP contribution in [0.1, 0.15) is 31.4 Å². The lowest BCUT2D eigenvalue weighted by molar-refractivity contribution is -0.123. The molecule has 0 bridgehead atoms. The number of carbonyl (C=O) groups is 1. The molecule has 2 aliphatic heterocycles. The minimum atomic E-state index is -1.41. The highest BCUT2D eigenvalue weighted by Gasteiger charge is 2.56. The summed E-state index contributed by atoms with van der Waals surface area (Å²) >= 11 is 0.920. The molecule has 166 valence electrons. The number of halogens is 4. The van der Waals surface area contributed by atoms with Gasteiger partial charge in [0.2, 0.25) is 6.41 Å². The molecule has 0 radical (unpaired) electrons. The highest BCUT2D eigenvalue weighted by molar-refractivity contribution is 8.15. The molecule has 0 aromatic heterocycles.